The van der Waals surface area contributed by atoms with Crippen LogP contribution in [0.25, 0.3) is 0 Å². The number of alkyl halides is 6. The first-order valence-corrected chi connectivity index (χ1v) is 10.7. The average molecular weight is 500 g/mol. The summed E-state index contributed by atoms with van der Waals surface area (Å²) in [7, 11) is -4.59. The Kier molecular flexibility index (Phi) is 6.23. The van der Waals surface area contributed by atoms with E-state index in [9.17, 15) is 49.1 Å². The highest BCUT2D eigenvalue weighted by atomic mass is 32.2. The molecule has 3 N–H and O–H groups in total. The fourth-order valence-corrected chi connectivity index (χ4v) is 4.50. The average Bonchev–Trinajstić information content (AvgIpc) is 3.11. The predicted molar refractivity (Wildman–Crippen MR) is 99.2 cm³/mol. The highest BCUT2D eigenvalue weighted by Gasteiger charge is 2.71. The Hall–Kier alpha value is -2.71. The molecular formula is C19H15F7N2O4S. The Labute approximate surface area is 182 Å². The number of nitrogens with one attached hydrogen (secondary N) is 2. The van der Waals surface area contributed by atoms with Gasteiger partial charge >= 0.3 is 12.4 Å². The van der Waals surface area contributed by atoms with Crippen LogP contribution in [0.15, 0.2) is 42.5 Å². The summed E-state index contributed by atoms with van der Waals surface area (Å²) < 4.78 is 118. The van der Waals surface area contributed by atoms with Crippen molar-refractivity contribution in [1.29, 1.82) is 0 Å². The van der Waals surface area contributed by atoms with Gasteiger partial charge in [-0.25, -0.2) is 12.8 Å². The normalized spacial score (nSPS) is 17.0. The number of hydrogen-bond acceptors (Lipinski definition) is 5. The van der Waals surface area contributed by atoms with Crippen molar-refractivity contribution in [2.24, 2.45) is 0 Å². The maximum Gasteiger partial charge on any atom is 0.430 e. The van der Waals surface area contributed by atoms with E-state index < -0.39 is 62.6 Å². The Morgan fingerprint density at radius 1 is 1.06 bits per heavy atom. The lowest BCUT2D eigenvalue weighted by Gasteiger charge is -2.32. The van der Waals surface area contributed by atoms with E-state index in [1.165, 1.54) is 0 Å². The summed E-state index contributed by atoms with van der Waals surface area (Å²) in [5.74, 6) is -4.00. The van der Waals surface area contributed by atoms with Crippen LogP contribution in [0.2, 0.25) is 0 Å². The van der Waals surface area contributed by atoms with Gasteiger partial charge in [-0.2, -0.15) is 26.3 Å². The first-order chi connectivity index (χ1) is 15.1. The van der Waals surface area contributed by atoms with Crippen molar-refractivity contribution in [2.75, 3.05) is 0 Å². The lowest BCUT2D eigenvalue weighted by Crippen LogP contribution is -2.54. The Bertz CT molecular complexity index is 1170. The van der Waals surface area contributed by atoms with Gasteiger partial charge in [0.15, 0.2) is 0 Å². The van der Waals surface area contributed by atoms with Gasteiger partial charge in [0.25, 0.3) is 11.5 Å². The van der Waals surface area contributed by atoms with Crippen molar-refractivity contribution in [3.63, 3.8) is 0 Å². The van der Waals surface area contributed by atoms with Crippen LogP contribution in [0.5, 0.6) is 0 Å². The molecule has 6 nitrogen and oxygen atoms in total. The van der Waals surface area contributed by atoms with Crippen LogP contribution in [-0.4, -0.2) is 31.8 Å². The van der Waals surface area contributed by atoms with Gasteiger partial charge < -0.3 is 5.11 Å². The lowest BCUT2D eigenvalue weighted by molar-refractivity contribution is -0.376. The lowest BCUT2D eigenvalue weighted by atomic mass is 9.91. The minimum atomic E-state index is -6.23. The maximum atomic E-state index is 14.3. The summed E-state index contributed by atoms with van der Waals surface area (Å²) in [5.41, 5.74) is -6.80. The topological polar surface area (TPSA) is 95.5 Å². The van der Waals surface area contributed by atoms with E-state index in [1.807, 2.05) is 0 Å². The van der Waals surface area contributed by atoms with Crippen LogP contribution in [0.1, 0.15) is 28.3 Å². The molecule has 0 saturated heterocycles. The van der Waals surface area contributed by atoms with E-state index in [0.29, 0.717) is 11.6 Å². The van der Waals surface area contributed by atoms with Gasteiger partial charge in [0.2, 0.25) is 10.0 Å². The molecule has 0 aromatic heterocycles. The molecule has 2 aromatic carbocycles. The van der Waals surface area contributed by atoms with Gasteiger partial charge in [0.1, 0.15) is 11.9 Å². The van der Waals surface area contributed by atoms with Crippen molar-refractivity contribution in [3.05, 3.63) is 70.5 Å². The van der Waals surface area contributed by atoms with Gasteiger partial charge in [-0.15, -0.1) is 0 Å². The van der Waals surface area contributed by atoms with Crippen molar-refractivity contribution in [1.82, 2.24) is 10.0 Å². The maximum absolute atomic E-state index is 14.3. The van der Waals surface area contributed by atoms with Crippen molar-refractivity contribution in [3.8, 4) is 0 Å². The second kappa shape index (κ2) is 8.25. The molecular weight excluding hydrogens is 485 g/mol. The molecule has 1 amide bonds. The molecule has 2 aromatic rings. The zero-order chi connectivity index (χ0) is 24.8. The van der Waals surface area contributed by atoms with E-state index in [2.05, 4.69) is 5.32 Å². The zero-order valence-corrected chi connectivity index (χ0v) is 17.1. The molecule has 0 spiro atoms. The molecule has 1 aliphatic heterocycles. The summed E-state index contributed by atoms with van der Waals surface area (Å²) in [6.45, 7) is 0.283. The minimum absolute atomic E-state index is 0.117. The van der Waals surface area contributed by atoms with Crippen LogP contribution in [0.4, 0.5) is 30.7 Å². The fourth-order valence-electron chi connectivity index (χ4n) is 3.36. The molecule has 0 aliphatic carbocycles. The summed E-state index contributed by atoms with van der Waals surface area (Å²) >= 11 is 0. The number of halogens is 7. The molecule has 1 atom stereocenters. The smallest absolute Gasteiger partial charge is 0.369 e. The third-order valence-electron chi connectivity index (χ3n) is 5.02. The molecule has 14 heteroatoms. The summed E-state index contributed by atoms with van der Waals surface area (Å²) in [4.78, 5) is 12.4. The Morgan fingerprint density at radius 2 is 1.67 bits per heavy atom. The number of sulfonamides is 1. The van der Waals surface area contributed by atoms with Gasteiger partial charge in [-0.3, -0.25) is 14.8 Å². The second-order valence-corrected chi connectivity index (χ2v) is 8.97. The molecule has 180 valence electrons. The number of carbonyl (C=O) groups is 1. The number of fused-ring (bicyclic) bond motifs is 1. The van der Waals surface area contributed by atoms with Crippen LogP contribution in [0, 0.1) is 5.82 Å². The summed E-state index contributed by atoms with van der Waals surface area (Å²) in [5, 5.41) is 12.1. The SMILES string of the molecule is O=C(NS(=O)(=O)Cc1ccc(C(O)(C(F)(F)F)C(F)(F)F)cc1F)C1NCc2ccccc21. The molecule has 0 saturated carbocycles. The Balaban J connectivity index is 1.82. The molecule has 1 aliphatic rings. The molecule has 0 bridgehead atoms. The minimum Gasteiger partial charge on any atom is -0.369 e. The number of amides is 1. The number of rotatable bonds is 5. The van der Waals surface area contributed by atoms with Gasteiger partial charge in [-0.1, -0.05) is 36.4 Å². The molecule has 1 unspecified atom stereocenters. The van der Waals surface area contributed by atoms with Crippen LogP contribution in [-0.2, 0) is 32.7 Å². The molecule has 33 heavy (non-hydrogen) atoms. The van der Waals surface area contributed by atoms with Crippen molar-refractivity contribution < 1.29 is 49.1 Å². The highest BCUT2D eigenvalue weighted by molar-refractivity contribution is 7.89. The first kappa shape index (κ1) is 24.9. The predicted octanol–water partition coefficient (Wildman–Crippen LogP) is 2.93. The Morgan fingerprint density at radius 3 is 2.24 bits per heavy atom. The monoisotopic (exact) mass is 500 g/mol. The fraction of sp³-hybridized carbons (Fsp3) is 0.316. The van der Waals surface area contributed by atoms with E-state index in [4.69, 9.17) is 0 Å². The molecule has 1 heterocycles. The first-order valence-electron chi connectivity index (χ1n) is 9.07. The zero-order valence-electron chi connectivity index (χ0n) is 16.3. The quantitative estimate of drug-likeness (QED) is 0.549. The van der Waals surface area contributed by atoms with E-state index >= 15 is 0 Å². The van der Waals surface area contributed by atoms with E-state index in [-0.39, 0.29) is 18.7 Å². The van der Waals surface area contributed by atoms with Gasteiger partial charge in [0.05, 0.1) is 5.75 Å². The third-order valence-corrected chi connectivity index (χ3v) is 6.22. The second-order valence-electron chi connectivity index (χ2n) is 7.25. The van der Waals surface area contributed by atoms with Gasteiger partial charge in [0, 0.05) is 17.7 Å². The summed E-state index contributed by atoms with van der Waals surface area (Å²) in [6, 6.07) is 5.84. The molecule has 0 radical (unpaired) electrons. The number of hydrogen-bond donors (Lipinski definition) is 3. The van der Waals surface area contributed by atoms with Crippen LogP contribution >= 0.6 is 0 Å². The number of benzene rings is 2. The van der Waals surface area contributed by atoms with E-state index in [1.54, 1.807) is 29.0 Å². The van der Waals surface area contributed by atoms with Crippen molar-refractivity contribution in [2.45, 2.75) is 36.3 Å². The summed E-state index contributed by atoms with van der Waals surface area (Å²) in [6.07, 6.45) is -12.5. The number of aliphatic hydroxyl groups is 1. The van der Waals surface area contributed by atoms with Crippen LogP contribution < -0.4 is 10.0 Å². The third kappa shape index (κ3) is 4.68. The number of carbonyl (C=O) groups excluding carboxylic acids is 1. The molecule has 0 fully saturated rings. The van der Waals surface area contributed by atoms with Crippen molar-refractivity contribution >= 4 is 15.9 Å². The highest BCUT2D eigenvalue weighted by Crippen LogP contribution is 2.50. The van der Waals surface area contributed by atoms with Crippen LogP contribution in [0.3, 0.4) is 0 Å². The molecule has 3 rings (SSSR count). The van der Waals surface area contributed by atoms with Gasteiger partial charge in [-0.05, 0) is 17.2 Å². The standard InChI is InChI=1S/C19H15F7N2O4S/c20-14-7-12(17(30,18(21,22)23)19(24,25)26)6-5-11(14)9-33(31,32)28-16(29)15-13-4-2-1-3-10(13)8-27-15/h1-7,15,27,30H,8-9H2,(H,28,29). The largest absolute Gasteiger partial charge is 0.430 e. The van der Waals surface area contributed by atoms with E-state index in [0.717, 1.165) is 5.56 Å².